The molecule has 8 aromatic rings. The highest BCUT2D eigenvalue weighted by molar-refractivity contribution is 5.98. The van der Waals surface area contributed by atoms with Gasteiger partial charge in [-0.15, -0.1) is 0 Å². The molecule has 16 aliphatic rings. The molecule has 0 unspecified atom stereocenters. The lowest BCUT2D eigenvalue weighted by Gasteiger charge is -2.35. The second-order valence-electron chi connectivity index (χ2n) is 40.3. The van der Waals surface area contributed by atoms with Crippen molar-refractivity contribution in [1.82, 2.24) is 34.9 Å². The number of pyridine rings is 7. The number of hydrogen-bond donors (Lipinski definition) is 0. The van der Waals surface area contributed by atoms with E-state index in [9.17, 15) is 51.5 Å². The number of nitrogens with zero attached hydrogens (tertiary/aromatic N) is 7. The Morgan fingerprint density at radius 3 is 1.13 bits per heavy atom. The fourth-order valence-electron chi connectivity index (χ4n) is 22.8. The number of rotatable bonds is 0. The fraction of sp³-hybridized carbons (Fsp3) is 0.533. The topological polar surface area (TPSA) is 301 Å². The van der Waals surface area contributed by atoms with Gasteiger partial charge in [-0.1, -0.05) is 79.7 Å². The quantitative estimate of drug-likeness (QED) is 0.0774. The van der Waals surface area contributed by atoms with Crippen LogP contribution in [-0.2, 0) is 82.7 Å². The maximum Gasteiger partial charge on any atom is 0.358 e. The fourth-order valence-corrected chi connectivity index (χ4v) is 22.8. The molecule has 26 heteroatoms. The Morgan fingerprint density at radius 1 is 0.260 bits per heavy atom. The number of benzene rings is 1. The van der Waals surface area contributed by atoms with Crippen LogP contribution in [0.1, 0.15) is 389 Å². The van der Waals surface area contributed by atoms with Crippen LogP contribution in [0.4, 0.5) is 13.2 Å². The largest absolute Gasteiger partial charge is 0.451 e. The number of halogens is 3. The molecule has 8 saturated carbocycles. The van der Waals surface area contributed by atoms with Gasteiger partial charge in [0.1, 0.15) is 45.0 Å². The molecule has 8 aliphatic carbocycles. The van der Waals surface area contributed by atoms with Crippen LogP contribution in [0.15, 0.2) is 135 Å². The van der Waals surface area contributed by atoms with Gasteiger partial charge in [-0.3, -0.25) is 15.0 Å². The number of carbonyl (C=O) groups is 8. The normalized spacial score (nSPS) is 32.1. The van der Waals surface area contributed by atoms with Crippen LogP contribution in [0.25, 0.3) is 0 Å². The van der Waals surface area contributed by atoms with Crippen molar-refractivity contribution in [2.24, 2.45) is 47.3 Å². The number of carbonyl (C=O) groups excluding carboxylic acids is 8. The lowest BCUT2D eigenvalue weighted by Crippen LogP contribution is -2.32. The first-order valence-corrected chi connectivity index (χ1v) is 47.6. The average molecular weight is 1790 g/mol. The van der Waals surface area contributed by atoms with Gasteiger partial charge in [-0.25, -0.2) is 62.7 Å². The first-order valence-electron chi connectivity index (χ1n) is 47.6. The predicted octanol–water partition coefficient (Wildman–Crippen LogP) is 22.3. The molecule has 690 valence electrons. The molecular weight excluding hydrogens is 1670 g/mol. The molecule has 0 atom stereocenters. The van der Waals surface area contributed by atoms with Crippen LogP contribution in [0.2, 0.25) is 0 Å². The summed E-state index contributed by atoms with van der Waals surface area (Å²) in [5.74, 6) is 1.90. The summed E-state index contributed by atoms with van der Waals surface area (Å²) in [4.78, 5) is 122. The zero-order chi connectivity index (χ0) is 92.0. The van der Waals surface area contributed by atoms with Crippen LogP contribution >= 0.6 is 0 Å². The second-order valence-corrected chi connectivity index (χ2v) is 40.3. The van der Waals surface area contributed by atoms with Crippen molar-refractivity contribution in [3.8, 4) is 0 Å². The van der Waals surface area contributed by atoms with Gasteiger partial charge in [-0.05, 0) is 301 Å². The van der Waals surface area contributed by atoms with E-state index in [2.05, 4.69) is 96.3 Å². The standard InChI is InChI=1S/C14H16O2.3C13H14FNO2.4C13H15NO2/c1-10-6-8-14(9-7-10)12-5-3-2-4-11(12)13(15)16-14;1-8-2-5-13(6-3-8)10-9(12(16)17-13)4-7-15-11(10)14;1-8-2-4-13(5-3-8)10-7-15-11(14)6-9(10)12(16)17-13;1-8-2-4-13(5-3-8)10-6-9(14)7-15-11(10)12(16)17-13;1-9-2-5-13(6-3-9)11-4-7-14-8-10(11)12(15)16-13;1-9-2-5-13(6-3-9)11-8-14-7-4-10(11)12(15)16-13;1-9-4-6-13(7-5-9)10-3-2-8-14-11(10)12(15)16-13;1-9-4-6-13(7-5-9)11-10(12(15)16-13)3-2-8-14-11/h2-5,10H,6-9H2,1H3;4,7-8H,2-3,5-6H2,1H3;2*6-8H,2-5H2,1H3;2*4,7-9H,2-3,5-6H2,1H3;2*2-3,8-9H,4-7H2,1H3. The molecule has 0 N–H and O–H groups in total. The first kappa shape index (κ1) is 91.7. The molecule has 0 saturated heterocycles. The van der Waals surface area contributed by atoms with E-state index in [0.717, 1.165) is 267 Å². The van der Waals surface area contributed by atoms with Crippen molar-refractivity contribution in [1.29, 1.82) is 0 Å². The summed E-state index contributed by atoms with van der Waals surface area (Å²) in [5.41, 5.74) is 7.60. The molecular formula is C105H118F3N7O16. The van der Waals surface area contributed by atoms with Crippen LogP contribution in [0, 0.1) is 65.1 Å². The zero-order valence-corrected chi connectivity index (χ0v) is 76.2. The van der Waals surface area contributed by atoms with E-state index in [-0.39, 0.29) is 52.3 Å². The summed E-state index contributed by atoms with van der Waals surface area (Å²) in [6, 6.07) is 23.2. The van der Waals surface area contributed by atoms with Crippen LogP contribution in [0.3, 0.4) is 0 Å². The Bertz CT molecular complexity index is 5170. The SMILES string of the molecule is CC1CCC2(CC1)OC(=O)c1cc(F)ncc12.CC1CCC2(CC1)OC(=O)c1ccccc12.CC1CCC2(CC1)OC(=O)c1cccnc12.CC1CCC2(CC1)OC(=O)c1ccnc(F)c12.CC1CCC2(CC1)OC(=O)c1ccncc12.CC1CCC2(CC1)OC(=O)c1cnccc12.CC1CCC2(CC1)OC(=O)c1ncc(F)cc12.CC1CCC2(CC1)OC(=O)c1ncccc12. The highest BCUT2D eigenvalue weighted by Gasteiger charge is 2.56. The predicted molar refractivity (Wildman–Crippen MR) is 474 cm³/mol. The van der Waals surface area contributed by atoms with Crippen molar-refractivity contribution < 1.29 is 89.4 Å². The monoisotopic (exact) mass is 1790 g/mol. The Hall–Kier alpha value is -11.2. The van der Waals surface area contributed by atoms with Gasteiger partial charge in [0, 0.05) is 89.0 Å². The molecule has 1 aromatic carbocycles. The van der Waals surface area contributed by atoms with Gasteiger partial charge < -0.3 is 37.9 Å². The van der Waals surface area contributed by atoms with Crippen molar-refractivity contribution in [2.75, 3.05) is 0 Å². The van der Waals surface area contributed by atoms with E-state index in [1.165, 1.54) is 24.5 Å². The van der Waals surface area contributed by atoms with E-state index >= 15 is 0 Å². The van der Waals surface area contributed by atoms with Gasteiger partial charge in [0.15, 0.2) is 17.0 Å². The third-order valence-electron chi connectivity index (χ3n) is 31.3. The number of aromatic nitrogens is 7. The molecule has 8 aliphatic heterocycles. The molecule has 8 fully saturated rings. The Kier molecular flexibility index (Phi) is 26.0. The van der Waals surface area contributed by atoms with E-state index in [0.29, 0.717) is 80.9 Å². The van der Waals surface area contributed by atoms with Crippen LogP contribution in [-0.4, -0.2) is 82.6 Å². The molecule has 15 heterocycles. The Labute approximate surface area is 762 Å². The summed E-state index contributed by atoms with van der Waals surface area (Å²) in [5, 5.41) is 0. The van der Waals surface area contributed by atoms with Crippen molar-refractivity contribution in [3.63, 3.8) is 0 Å². The molecule has 0 radical (unpaired) electrons. The minimum Gasteiger partial charge on any atom is -0.451 e. The van der Waals surface area contributed by atoms with Crippen LogP contribution in [0.5, 0.6) is 0 Å². The zero-order valence-electron chi connectivity index (χ0n) is 76.2. The molecule has 0 bridgehead atoms. The minimum absolute atomic E-state index is 0.134. The third-order valence-corrected chi connectivity index (χ3v) is 31.3. The van der Waals surface area contributed by atoms with Crippen LogP contribution < -0.4 is 0 Å². The highest BCUT2D eigenvalue weighted by atomic mass is 19.1. The smallest absolute Gasteiger partial charge is 0.358 e. The second kappa shape index (κ2) is 37.1. The molecule has 0 amide bonds. The maximum absolute atomic E-state index is 13.8. The summed E-state index contributed by atoms with van der Waals surface area (Å²) in [6.07, 6.45) is 45.5. The molecule has 131 heavy (non-hydrogen) atoms. The van der Waals surface area contributed by atoms with Gasteiger partial charge in [-0.2, -0.15) is 8.78 Å². The highest BCUT2D eigenvalue weighted by Crippen LogP contribution is 2.56. The molecule has 8 spiro atoms. The summed E-state index contributed by atoms with van der Waals surface area (Å²) >= 11 is 0. The first-order chi connectivity index (χ1) is 62.9. The molecule has 7 aromatic heterocycles. The summed E-state index contributed by atoms with van der Waals surface area (Å²) < 4.78 is 84.8. The van der Waals surface area contributed by atoms with Gasteiger partial charge in [0.25, 0.3) is 0 Å². The summed E-state index contributed by atoms with van der Waals surface area (Å²) in [6.45, 7) is 17.9. The van der Waals surface area contributed by atoms with E-state index in [1.54, 1.807) is 55.4 Å². The van der Waals surface area contributed by atoms with E-state index in [4.69, 9.17) is 37.9 Å². The Balaban J connectivity index is 0.000000105. The number of ether oxygens (including phenoxy) is 8. The number of esters is 8. The van der Waals surface area contributed by atoms with Gasteiger partial charge in [0.2, 0.25) is 11.9 Å². The van der Waals surface area contributed by atoms with Gasteiger partial charge >= 0.3 is 47.8 Å². The molecule has 24 rings (SSSR count). The number of hydrogen-bond acceptors (Lipinski definition) is 23. The third kappa shape index (κ3) is 18.0. The van der Waals surface area contributed by atoms with E-state index < -0.39 is 58.0 Å². The van der Waals surface area contributed by atoms with Gasteiger partial charge in [0.05, 0.1) is 50.8 Å². The van der Waals surface area contributed by atoms with Crippen molar-refractivity contribution in [3.05, 3.63) is 242 Å². The minimum atomic E-state index is -0.739. The lowest BCUT2D eigenvalue weighted by atomic mass is 9.75. The van der Waals surface area contributed by atoms with Crippen molar-refractivity contribution in [2.45, 2.75) is 306 Å². The lowest BCUT2D eigenvalue weighted by molar-refractivity contribution is -0.0371. The average Bonchev–Trinajstić information content (AvgIpc) is 1.61. The van der Waals surface area contributed by atoms with Crippen molar-refractivity contribution >= 4 is 47.8 Å². The summed E-state index contributed by atoms with van der Waals surface area (Å²) in [7, 11) is 0. The maximum atomic E-state index is 13.8. The number of fused-ring (bicyclic) bond motifs is 16. The molecule has 23 nitrogen and oxygen atoms in total. The van der Waals surface area contributed by atoms with E-state index in [1.807, 2.05) is 42.5 Å². The Morgan fingerprint density at radius 2 is 0.603 bits per heavy atom.